The number of rotatable bonds is 3. The molecular weight excluding hydrogens is 338 g/mol. The highest BCUT2D eigenvalue weighted by Crippen LogP contribution is 2.37. The molecular formula is C18H21N3O3S. The van der Waals surface area contributed by atoms with Gasteiger partial charge in [-0.2, -0.15) is 0 Å². The molecule has 2 unspecified atom stereocenters. The van der Waals surface area contributed by atoms with Gasteiger partial charge >= 0.3 is 0 Å². The SMILES string of the molecule is CC(N)C1CCCCN1C(=O)c1csc(-c2ccc3c(c2)OCO3)n1. The average Bonchev–Trinajstić information content (AvgIpc) is 3.29. The first-order valence-corrected chi connectivity index (χ1v) is 9.43. The first-order chi connectivity index (χ1) is 12.1. The van der Waals surface area contributed by atoms with E-state index in [-0.39, 0.29) is 24.8 Å². The molecule has 1 aromatic heterocycles. The van der Waals surface area contributed by atoms with Gasteiger partial charge in [0.2, 0.25) is 6.79 Å². The van der Waals surface area contributed by atoms with Crippen molar-refractivity contribution in [1.82, 2.24) is 9.88 Å². The standard InChI is InChI=1S/C18H21N3O3S/c1-11(19)14-4-2-3-7-21(14)18(22)13-9-25-17(20-13)12-5-6-15-16(8-12)24-10-23-15/h5-6,8-9,11,14H,2-4,7,10,19H2,1H3. The molecule has 0 aliphatic carbocycles. The van der Waals surface area contributed by atoms with Crippen LogP contribution >= 0.6 is 11.3 Å². The van der Waals surface area contributed by atoms with E-state index in [0.717, 1.165) is 42.1 Å². The average molecular weight is 359 g/mol. The number of amides is 1. The Morgan fingerprint density at radius 3 is 3.04 bits per heavy atom. The van der Waals surface area contributed by atoms with Gasteiger partial charge in [0, 0.05) is 29.6 Å². The highest BCUT2D eigenvalue weighted by molar-refractivity contribution is 7.13. The van der Waals surface area contributed by atoms with Crippen molar-refractivity contribution in [2.75, 3.05) is 13.3 Å². The molecule has 2 aromatic rings. The van der Waals surface area contributed by atoms with E-state index in [1.807, 2.05) is 35.4 Å². The molecule has 0 bridgehead atoms. The summed E-state index contributed by atoms with van der Waals surface area (Å²) in [6.07, 6.45) is 3.10. The van der Waals surface area contributed by atoms with Gasteiger partial charge in [-0.25, -0.2) is 4.98 Å². The number of likely N-dealkylation sites (tertiary alicyclic amines) is 1. The fourth-order valence-corrected chi connectivity index (χ4v) is 4.23. The van der Waals surface area contributed by atoms with Crippen LogP contribution in [0.2, 0.25) is 0 Å². The summed E-state index contributed by atoms with van der Waals surface area (Å²) in [5, 5.41) is 2.63. The molecule has 0 spiro atoms. The summed E-state index contributed by atoms with van der Waals surface area (Å²) in [4.78, 5) is 19.4. The number of thiazole rings is 1. The summed E-state index contributed by atoms with van der Waals surface area (Å²) in [5.74, 6) is 1.43. The van der Waals surface area contributed by atoms with E-state index in [2.05, 4.69) is 4.98 Å². The Bertz CT molecular complexity index is 790. The summed E-state index contributed by atoms with van der Waals surface area (Å²) < 4.78 is 10.8. The number of benzene rings is 1. The maximum Gasteiger partial charge on any atom is 0.273 e. The van der Waals surface area contributed by atoms with Crippen LogP contribution in [0.15, 0.2) is 23.6 Å². The number of hydrogen-bond acceptors (Lipinski definition) is 6. The van der Waals surface area contributed by atoms with Gasteiger partial charge in [0.25, 0.3) is 5.91 Å². The number of carbonyl (C=O) groups is 1. The lowest BCUT2D eigenvalue weighted by Crippen LogP contribution is -2.51. The van der Waals surface area contributed by atoms with Crippen LogP contribution in [0.1, 0.15) is 36.7 Å². The van der Waals surface area contributed by atoms with Crippen LogP contribution in [0.4, 0.5) is 0 Å². The molecule has 1 fully saturated rings. The van der Waals surface area contributed by atoms with Crippen molar-refractivity contribution in [3.8, 4) is 22.1 Å². The Hall–Kier alpha value is -2.12. The predicted octanol–water partition coefficient (Wildman–Crippen LogP) is 2.88. The molecule has 2 atom stereocenters. The van der Waals surface area contributed by atoms with Gasteiger partial charge in [0.15, 0.2) is 11.5 Å². The summed E-state index contributed by atoms with van der Waals surface area (Å²) in [7, 11) is 0. The molecule has 6 nitrogen and oxygen atoms in total. The van der Waals surface area contributed by atoms with Gasteiger partial charge in [-0.3, -0.25) is 4.79 Å². The van der Waals surface area contributed by atoms with Crippen LogP contribution in [0, 0.1) is 0 Å². The highest BCUT2D eigenvalue weighted by Gasteiger charge is 2.31. The van der Waals surface area contributed by atoms with Crippen LogP contribution in [0.25, 0.3) is 10.6 Å². The molecule has 2 N–H and O–H groups in total. The fraction of sp³-hybridized carbons (Fsp3) is 0.444. The topological polar surface area (TPSA) is 77.7 Å². The van der Waals surface area contributed by atoms with Crippen LogP contribution in [0.3, 0.4) is 0 Å². The predicted molar refractivity (Wildman–Crippen MR) is 96.0 cm³/mol. The molecule has 3 heterocycles. The van der Waals surface area contributed by atoms with Gasteiger partial charge in [-0.15, -0.1) is 11.3 Å². The summed E-state index contributed by atoms with van der Waals surface area (Å²) in [5.41, 5.74) is 7.50. The smallest absolute Gasteiger partial charge is 0.273 e. The zero-order chi connectivity index (χ0) is 17.4. The lowest BCUT2D eigenvalue weighted by atomic mass is 9.96. The number of aromatic nitrogens is 1. The Labute approximate surface area is 150 Å². The van der Waals surface area contributed by atoms with E-state index < -0.39 is 0 Å². The molecule has 1 aromatic carbocycles. The second-order valence-corrected chi connectivity index (χ2v) is 7.38. The van der Waals surface area contributed by atoms with Gasteiger partial charge in [0.1, 0.15) is 10.7 Å². The van der Waals surface area contributed by atoms with Crippen molar-refractivity contribution < 1.29 is 14.3 Å². The molecule has 2 aliphatic rings. The van der Waals surface area contributed by atoms with E-state index in [1.165, 1.54) is 11.3 Å². The molecule has 1 saturated heterocycles. The van der Waals surface area contributed by atoms with Crippen molar-refractivity contribution in [3.63, 3.8) is 0 Å². The van der Waals surface area contributed by atoms with E-state index in [1.54, 1.807) is 0 Å². The second kappa shape index (κ2) is 6.65. The molecule has 0 radical (unpaired) electrons. The van der Waals surface area contributed by atoms with Crippen molar-refractivity contribution in [1.29, 1.82) is 0 Å². The van der Waals surface area contributed by atoms with E-state index in [0.29, 0.717) is 11.4 Å². The zero-order valence-corrected chi connectivity index (χ0v) is 14.9. The lowest BCUT2D eigenvalue weighted by molar-refractivity contribution is 0.0578. The van der Waals surface area contributed by atoms with Crippen LogP contribution in [0.5, 0.6) is 11.5 Å². The van der Waals surface area contributed by atoms with E-state index in [9.17, 15) is 4.79 Å². The number of ether oxygens (including phenoxy) is 2. The second-order valence-electron chi connectivity index (χ2n) is 6.53. The number of piperidine rings is 1. The highest BCUT2D eigenvalue weighted by atomic mass is 32.1. The lowest BCUT2D eigenvalue weighted by Gasteiger charge is -2.37. The minimum Gasteiger partial charge on any atom is -0.454 e. The minimum absolute atomic E-state index is 0.0229. The monoisotopic (exact) mass is 359 g/mol. The molecule has 1 amide bonds. The van der Waals surface area contributed by atoms with Crippen molar-refractivity contribution in [2.24, 2.45) is 5.73 Å². The zero-order valence-electron chi connectivity index (χ0n) is 14.1. The van der Waals surface area contributed by atoms with Crippen molar-refractivity contribution >= 4 is 17.2 Å². The molecule has 0 saturated carbocycles. The fourth-order valence-electron chi connectivity index (χ4n) is 3.44. The van der Waals surface area contributed by atoms with Gasteiger partial charge in [0.05, 0.1) is 0 Å². The van der Waals surface area contributed by atoms with Crippen molar-refractivity contribution in [3.05, 3.63) is 29.3 Å². The number of carbonyl (C=O) groups excluding carboxylic acids is 1. The quantitative estimate of drug-likeness (QED) is 0.912. The first-order valence-electron chi connectivity index (χ1n) is 8.55. The summed E-state index contributed by atoms with van der Waals surface area (Å²) in [6.45, 7) is 2.96. The van der Waals surface area contributed by atoms with Gasteiger partial charge < -0.3 is 20.1 Å². The normalized spacial score (nSPS) is 20.6. The third kappa shape index (κ3) is 3.09. The Kier molecular flexibility index (Phi) is 4.35. The van der Waals surface area contributed by atoms with Gasteiger partial charge in [-0.05, 0) is 44.4 Å². The van der Waals surface area contributed by atoms with E-state index in [4.69, 9.17) is 15.2 Å². The van der Waals surface area contributed by atoms with E-state index >= 15 is 0 Å². The van der Waals surface area contributed by atoms with Crippen LogP contribution in [-0.4, -0.2) is 41.2 Å². The first kappa shape index (κ1) is 16.4. The minimum atomic E-state index is -0.0313. The van der Waals surface area contributed by atoms with Crippen LogP contribution < -0.4 is 15.2 Å². The number of nitrogens with two attached hydrogens (primary N) is 1. The number of nitrogens with zero attached hydrogens (tertiary/aromatic N) is 2. The molecule has 2 aliphatic heterocycles. The van der Waals surface area contributed by atoms with Crippen LogP contribution in [-0.2, 0) is 0 Å². The maximum atomic E-state index is 12.9. The van der Waals surface area contributed by atoms with Gasteiger partial charge in [-0.1, -0.05) is 0 Å². The number of fused-ring (bicyclic) bond motifs is 1. The number of hydrogen-bond donors (Lipinski definition) is 1. The summed E-state index contributed by atoms with van der Waals surface area (Å²) >= 11 is 1.46. The largest absolute Gasteiger partial charge is 0.454 e. The Morgan fingerprint density at radius 2 is 2.20 bits per heavy atom. The molecule has 25 heavy (non-hydrogen) atoms. The third-order valence-corrected chi connectivity index (χ3v) is 5.65. The van der Waals surface area contributed by atoms with Crippen molar-refractivity contribution in [2.45, 2.75) is 38.3 Å². The summed E-state index contributed by atoms with van der Waals surface area (Å²) in [6, 6.07) is 5.78. The third-order valence-electron chi connectivity index (χ3n) is 4.76. The molecule has 132 valence electrons. The Balaban J connectivity index is 1.57. The Morgan fingerprint density at radius 1 is 1.36 bits per heavy atom. The molecule has 7 heteroatoms. The maximum absolute atomic E-state index is 12.9. The molecule has 4 rings (SSSR count).